The average molecular weight is 1000 g/mol. The fourth-order valence-electron chi connectivity index (χ4n) is 8.70. The summed E-state index contributed by atoms with van der Waals surface area (Å²) >= 11 is 0. The van der Waals surface area contributed by atoms with E-state index in [1.165, 1.54) is 20.8 Å². The Morgan fingerprint density at radius 1 is 0.375 bits per heavy atom. The van der Waals surface area contributed by atoms with Crippen molar-refractivity contribution in [1.82, 2.24) is 13.7 Å². The monoisotopic (exact) mass is 1000 g/mol. The molecule has 15 heteroatoms. The fourth-order valence-corrected chi connectivity index (χ4v) is 8.70. The number of hydrogen-bond acceptors (Lipinski definition) is 12. The molecule has 0 saturated carbocycles. The van der Waals surface area contributed by atoms with Crippen molar-refractivity contribution in [3.63, 3.8) is 0 Å². The standard InChI is InChI=1S/C57H81N3O12/c1-31(70-43(61)28-34-22-37(52(4,5)6)46(64)38(23-34)53(7,8)9)58-49(67)59(32(2)71-44(62)29-35-24-39(54(10,11)12)47(65)40(25-35)55(13,14)15)51(69)60(50(58)68)33(3)72-45(63)30-36-26-41(56(16,17)18)48(66)42(27-36)57(19,20)21/h22-27,31-33,64-66H,28-30H2,1-21H3. The minimum atomic E-state index is -1.66. The Morgan fingerprint density at radius 2 is 0.528 bits per heavy atom. The van der Waals surface area contributed by atoms with Gasteiger partial charge in [-0.1, -0.05) is 161 Å². The second kappa shape index (κ2) is 20.4. The summed E-state index contributed by atoms with van der Waals surface area (Å²) in [6, 6.07) is 10.2. The summed E-state index contributed by atoms with van der Waals surface area (Å²) in [4.78, 5) is 84.9. The maximum atomic E-state index is 14.5. The number of esters is 3. The normalized spacial score (nSPS) is 14.1. The molecule has 3 N–H and O–H groups in total. The van der Waals surface area contributed by atoms with Crippen LogP contribution in [0.5, 0.6) is 17.2 Å². The number of ether oxygens (including phenoxy) is 3. The van der Waals surface area contributed by atoms with Crippen LogP contribution in [0.4, 0.5) is 0 Å². The van der Waals surface area contributed by atoms with Gasteiger partial charge in [-0.2, -0.15) is 0 Å². The number of nitrogens with zero attached hydrogens (tertiary/aromatic N) is 3. The summed E-state index contributed by atoms with van der Waals surface area (Å²) in [6.45, 7) is 38.5. The van der Waals surface area contributed by atoms with Gasteiger partial charge in [-0.25, -0.2) is 28.1 Å². The van der Waals surface area contributed by atoms with E-state index < -0.39 is 86.2 Å². The number of rotatable bonds is 12. The van der Waals surface area contributed by atoms with E-state index in [1.54, 1.807) is 36.4 Å². The van der Waals surface area contributed by atoms with Crippen LogP contribution in [-0.4, -0.2) is 46.9 Å². The molecular weight excluding hydrogens is 919 g/mol. The topological polar surface area (TPSA) is 206 Å². The molecule has 396 valence electrons. The minimum absolute atomic E-state index is 0.110. The molecule has 0 spiro atoms. The first-order valence-corrected chi connectivity index (χ1v) is 24.6. The van der Waals surface area contributed by atoms with E-state index in [9.17, 15) is 44.1 Å². The molecule has 1 heterocycles. The highest BCUT2D eigenvalue weighted by atomic mass is 16.6. The third-order valence-corrected chi connectivity index (χ3v) is 12.6. The molecule has 0 fully saturated rings. The van der Waals surface area contributed by atoms with Gasteiger partial charge in [0.15, 0.2) is 18.7 Å². The Bertz CT molecular complexity index is 2460. The zero-order chi connectivity index (χ0) is 55.3. The van der Waals surface area contributed by atoms with Crippen molar-refractivity contribution in [1.29, 1.82) is 0 Å². The zero-order valence-electron chi connectivity index (χ0n) is 46.7. The maximum absolute atomic E-state index is 14.5. The number of aromatic nitrogens is 3. The summed E-state index contributed by atoms with van der Waals surface area (Å²) < 4.78 is 18.8. The Labute approximate surface area is 425 Å². The lowest BCUT2D eigenvalue weighted by molar-refractivity contribution is -0.153. The van der Waals surface area contributed by atoms with E-state index in [4.69, 9.17) is 14.2 Å². The van der Waals surface area contributed by atoms with Crippen LogP contribution in [0.15, 0.2) is 50.8 Å². The SMILES string of the molecule is CC(OC(=O)Cc1cc(C(C)(C)C)c(O)c(C(C)(C)C)c1)n1c(=O)n(C(C)OC(=O)Cc2cc(C(C)(C)C)c(O)c(C(C)(C)C)c2)c(=O)n(C(C)OC(=O)Cc2cc(C(C)(C)C)c(O)c(C(C)(C)C)c2)c1=O. The Balaban J connectivity index is 1.83. The van der Waals surface area contributed by atoms with Crippen LogP contribution in [0, 0.1) is 0 Å². The van der Waals surface area contributed by atoms with Crippen molar-refractivity contribution in [2.24, 2.45) is 0 Å². The predicted molar refractivity (Wildman–Crippen MR) is 279 cm³/mol. The smallest absolute Gasteiger partial charge is 0.342 e. The third kappa shape index (κ3) is 13.3. The van der Waals surface area contributed by atoms with Crippen LogP contribution in [0.3, 0.4) is 0 Å². The highest BCUT2D eigenvalue weighted by Crippen LogP contribution is 2.43. The second-order valence-electron chi connectivity index (χ2n) is 25.4. The van der Waals surface area contributed by atoms with Gasteiger partial charge in [0.2, 0.25) is 0 Å². The van der Waals surface area contributed by atoms with E-state index in [0.717, 1.165) is 0 Å². The molecule has 72 heavy (non-hydrogen) atoms. The van der Waals surface area contributed by atoms with E-state index in [0.29, 0.717) is 63.8 Å². The van der Waals surface area contributed by atoms with Crippen LogP contribution in [0.25, 0.3) is 0 Å². The summed E-state index contributed by atoms with van der Waals surface area (Å²) in [5.74, 6) is -2.21. The van der Waals surface area contributed by atoms with Gasteiger partial charge in [-0.05, 0) is 103 Å². The van der Waals surface area contributed by atoms with Gasteiger partial charge in [0.05, 0.1) is 19.3 Å². The Hall–Kier alpha value is -6.12. The molecule has 3 unspecified atom stereocenters. The Kier molecular flexibility index (Phi) is 16.6. The number of aromatic hydroxyl groups is 3. The van der Waals surface area contributed by atoms with Gasteiger partial charge in [0.1, 0.15) is 17.2 Å². The van der Waals surface area contributed by atoms with Gasteiger partial charge < -0.3 is 29.5 Å². The lowest BCUT2D eigenvalue weighted by Crippen LogP contribution is -2.57. The molecule has 3 atom stereocenters. The van der Waals surface area contributed by atoms with Crippen LogP contribution in [0.2, 0.25) is 0 Å². The molecule has 0 radical (unpaired) electrons. The molecule has 4 rings (SSSR count). The van der Waals surface area contributed by atoms with Crippen molar-refractivity contribution in [3.8, 4) is 17.2 Å². The lowest BCUT2D eigenvalue weighted by atomic mass is 9.78. The van der Waals surface area contributed by atoms with Crippen molar-refractivity contribution in [2.45, 2.75) is 216 Å². The number of carbonyl (C=O) groups excluding carboxylic acids is 3. The van der Waals surface area contributed by atoms with E-state index in [-0.39, 0.29) is 36.5 Å². The molecule has 0 aliphatic carbocycles. The maximum Gasteiger partial charge on any atom is 0.342 e. The average Bonchev–Trinajstić information content (AvgIpc) is 3.16. The molecular formula is C57H81N3O12. The molecule has 15 nitrogen and oxygen atoms in total. The van der Waals surface area contributed by atoms with Crippen LogP contribution < -0.4 is 17.1 Å². The molecule has 0 aliphatic heterocycles. The van der Waals surface area contributed by atoms with Crippen LogP contribution in [0.1, 0.15) is 214 Å². The van der Waals surface area contributed by atoms with Crippen molar-refractivity contribution < 1.29 is 43.9 Å². The molecule has 1 aromatic heterocycles. The van der Waals surface area contributed by atoms with Crippen molar-refractivity contribution in [2.75, 3.05) is 0 Å². The highest BCUT2D eigenvalue weighted by Gasteiger charge is 2.33. The zero-order valence-corrected chi connectivity index (χ0v) is 46.7. The fraction of sp³-hybridized carbons (Fsp3) is 0.579. The first-order chi connectivity index (χ1) is 32.5. The van der Waals surface area contributed by atoms with E-state index >= 15 is 0 Å². The summed E-state index contributed by atoms with van der Waals surface area (Å²) in [5, 5.41) is 33.8. The molecule has 0 aliphatic rings. The largest absolute Gasteiger partial charge is 0.507 e. The molecule has 0 bridgehead atoms. The van der Waals surface area contributed by atoms with Crippen LogP contribution >= 0.6 is 0 Å². The van der Waals surface area contributed by atoms with Crippen LogP contribution in [-0.2, 0) is 80.3 Å². The lowest BCUT2D eigenvalue weighted by Gasteiger charge is -2.28. The van der Waals surface area contributed by atoms with E-state index in [1.807, 2.05) is 125 Å². The van der Waals surface area contributed by atoms with Gasteiger partial charge in [-0.15, -0.1) is 0 Å². The molecule has 4 aromatic rings. The Morgan fingerprint density at radius 3 is 0.667 bits per heavy atom. The number of phenols is 3. The summed E-state index contributed by atoms with van der Waals surface area (Å²) in [5.41, 5.74) is -1.73. The number of carbonyl (C=O) groups is 3. The first-order valence-electron chi connectivity index (χ1n) is 24.6. The predicted octanol–water partition coefficient (Wildman–Crippen LogP) is 9.99. The van der Waals surface area contributed by atoms with E-state index in [2.05, 4.69) is 0 Å². The highest BCUT2D eigenvalue weighted by molar-refractivity contribution is 5.74. The van der Waals surface area contributed by atoms with Crippen molar-refractivity contribution in [3.05, 3.63) is 118 Å². The summed E-state index contributed by atoms with van der Waals surface area (Å²) in [6.07, 6.45) is -5.94. The van der Waals surface area contributed by atoms with Gasteiger partial charge in [0.25, 0.3) is 0 Å². The second-order valence-corrected chi connectivity index (χ2v) is 25.4. The number of phenolic OH excluding ortho intramolecular Hbond substituents is 3. The number of hydrogen-bond donors (Lipinski definition) is 3. The van der Waals surface area contributed by atoms with Gasteiger partial charge in [0, 0.05) is 0 Å². The number of benzene rings is 3. The molecule has 0 amide bonds. The van der Waals surface area contributed by atoms with Crippen molar-refractivity contribution >= 4 is 17.9 Å². The first kappa shape index (κ1) is 58.5. The summed E-state index contributed by atoms with van der Waals surface area (Å²) in [7, 11) is 0. The quantitative estimate of drug-likeness (QED) is 0.0896. The molecule has 0 saturated heterocycles. The van der Waals surface area contributed by atoms with Gasteiger partial charge >= 0.3 is 35.0 Å². The minimum Gasteiger partial charge on any atom is -0.507 e. The molecule has 3 aromatic carbocycles. The van der Waals surface area contributed by atoms with Gasteiger partial charge in [-0.3, -0.25) is 14.4 Å². The third-order valence-electron chi connectivity index (χ3n) is 12.6.